The Morgan fingerprint density at radius 3 is 2.45 bits per heavy atom. The second-order valence-corrected chi connectivity index (χ2v) is 8.09. The molecule has 9 heteroatoms. The number of anilines is 1. The van der Waals surface area contributed by atoms with Gasteiger partial charge in [-0.1, -0.05) is 35.3 Å². The summed E-state index contributed by atoms with van der Waals surface area (Å²) in [6.07, 6.45) is -1.82. The van der Waals surface area contributed by atoms with E-state index in [-0.39, 0.29) is 0 Å². The lowest BCUT2D eigenvalue weighted by Gasteiger charge is -2.31. The summed E-state index contributed by atoms with van der Waals surface area (Å²) >= 11 is 12.1. The first-order chi connectivity index (χ1) is 14.7. The Kier molecular flexibility index (Phi) is 5.90. The number of carbonyl (C=O) groups excluding carboxylic acids is 1. The van der Waals surface area contributed by atoms with E-state index in [0.717, 1.165) is 17.8 Å². The van der Waals surface area contributed by atoms with Crippen LogP contribution in [0.4, 0.5) is 23.7 Å². The van der Waals surface area contributed by atoms with E-state index in [1.807, 2.05) is 22.9 Å². The lowest BCUT2D eigenvalue weighted by atomic mass is 10.0. The number of alkyl halides is 3. The molecule has 4 nitrogen and oxygen atoms in total. The maximum atomic E-state index is 13.2. The Labute approximate surface area is 187 Å². The second-order valence-electron chi connectivity index (χ2n) is 7.25. The molecule has 4 rings (SSSR count). The van der Waals surface area contributed by atoms with Crippen molar-refractivity contribution >= 4 is 34.9 Å². The highest BCUT2D eigenvalue weighted by Crippen LogP contribution is 2.35. The van der Waals surface area contributed by atoms with E-state index < -0.39 is 23.8 Å². The first kappa shape index (κ1) is 21.6. The van der Waals surface area contributed by atoms with Gasteiger partial charge in [0.25, 0.3) is 0 Å². The molecule has 31 heavy (non-hydrogen) atoms. The van der Waals surface area contributed by atoms with E-state index in [4.69, 9.17) is 23.2 Å². The van der Waals surface area contributed by atoms with Gasteiger partial charge in [-0.2, -0.15) is 13.2 Å². The van der Waals surface area contributed by atoms with Crippen molar-refractivity contribution in [2.24, 2.45) is 0 Å². The molecule has 1 N–H and O–H groups in total. The first-order valence-electron chi connectivity index (χ1n) is 9.59. The van der Waals surface area contributed by atoms with Crippen molar-refractivity contribution in [1.29, 1.82) is 0 Å². The molecule has 0 saturated heterocycles. The monoisotopic (exact) mass is 467 g/mol. The summed E-state index contributed by atoms with van der Waals surface area (Å²) in [7, 11) is 0. The molecule has 2 amide bonds. The molecule has 0 spiro atoms. The summed E-state index contributed by atoms with van der Waals surface area (Å²) in [5, 5.41) is 3.54. The molecular formula is C22H18Cl2F3N3O. The summed E-state index contributed by atoms with van der Waals surface area (Å²) in [5.74, 6) is 0. The third kappa shape index (κ3) is 4.52. The smallest absolute Gasteiger partial charge is 0.349 e. The molecule has 0 radical (unpaired) electrons. The molecule has 162 valence electrons. The Bertz CT molecular complexity index is 1100. The minimum Gasteiger partial charge on any atom is -0.349 e. The number of carbonyl (C=O) groups is 1. The van der Waals surface area contributed by atoms with Gasteiger partial charge in [0.2, 0.25) is 0 Å². The summed E-state index contributed by atoms with van der Waals surface area (Å²) in [6, 6.07) is 12.5. The highest BCUT2D eigenvalue weighted by atomic mass is 35.5. The number of amides is 2. The average molecular weight is 468 g/mol. The minimum atomic E-state index is -4.43. The fourth-order valence-electron chi connectivity index (χ4n) is 3.78. The van der Waals surface area contributed by atoms with Crippen molar-refractivity contribution in [2.75, 3.05) is 11.9 Å². The van der Waals surface area contributed by atoms with Crippen LogP contribution in [-0.4, -0.2) is 22.0 Å². The molecule has 1 aromatic heterocycles. The minimum absolute atomic E-state index is 0.296. The van der Waals surface area contributed by atoms with Gasteiger partial charge in [-0.3, -0.25) is 0 Å². The topological polar surface area (TPSA) is 37.3 Å². The number of urea groups is 1. The molecule has 3 aromatic rings. The highest BCUT2D eigenvalue weighted by molar-refractivity contribution is 6.36. The predicted molar refractivity (Wildman–Crippen MR) is 115 cm³/mol. The maximum Gasteiger partial charge on any atom is 0.416 e. The van der Waals surface area contributed by atoms with Crippen molar-refractivity contribution in [3.63, 3.8) is 0 Å². The molecule has 1 aliphatic rings. The van der Waals surface area contributed by atoms with Gasteiger partial charge in [-0.05, 0) is 54.4 Å². The van der Waals surface area contributed by atoms with E-state index in [9.17, 15) is 18.0 Å². The van der Waals surface area contributed by atoms with Crippen molar-refractivity contribution < 1.29 is 18.0 Å². The van der Waals surface area contributed by atoms with E-state index in [0.29, 0.717) is 40.8 Å². The number of aromatic nitrogens is 1. The quantitative estimate of drug-likeness (QED) is 0.439. The number of rotatable bonds is 2. The number of benzene rings is 2. The van der Waals surface area contributed by atoms with Crippen molar-refractivity contribution in [3.05, 3.63) is 87.7 Å². The average Bonchev–Trinajstić information content (AvgIpc) is 3.09. The third-order valence-corrected chi connectivity index (χ3v) is 5.79. The summed E-state index contributed by atoms with van der Waals surface area (Å²) in [5.41, 5.74) is 1.09. The van der Waals surface area contributed by atoms with Gasteiger partial charge < -0.3 is 14.8 Å². The summed E-state index contributed by atoms with van der Waals surface area (Å²) in [4.78, 5) is 14.9. The van der Waals surface area contributed by atoms with Crippen LogP contribution in [0.15, 0.2) is 60.8 Å². The van der Waals surface area contributed by atoms with Gasteiger partial charge >= 0.3 is 12.2 Å². The Morgan fingerprint density at radius 1 is 1.03 bits per heavy atom. The van der Waals surface area contributed by atoms with Crippen LogP contribution in [0, 0.1) is 0 Å². The van der Waals surface area contributed by atoms with Gasteiger partial charge in [-0.15, -0.1) is 0 Å². The van der Waals surface area contributed by atoms with Gasteiger partial charge in [0.15, 0.2) is 0 Å². The number of nitrogens with one attached hydrogen (secondary N) is 1. The molecule has 0 aliphatic carbocycles. The molecule has 0 fully saturated rings. The zero-order chi connectivity index (χ0) is 22.2. The van der Waals surface area contributed by atoms with Crippen LogP contribution in [0.5, 0.6) is 0 Å². The van der Waals surface area contributed by atoms with E-state index in [1.165, 1.54) is 18.2 Å². The maximum absolute atomic E-state index is 13.2. The Hall–Kier alpha value is -2.64. The fraction of sp³-hybridized carbons (Fsp3) is 0.227. The third-order valence-electron chi connectivity index (χ3n) is 5.24. The van der Waals surface area contributed by atoms with Crippen LogP contribution >= 0.6 is 23.2 Å². The van der Waals surface area contributed by atoms with E-state index in [1.54, 1.807) is 17.0 Å². The SMILES string of the molecule is O=C(Nc1ccc(Cl)cc1Cl)N1CCCn2cccc2C1c1ccc(C(F)(F)F)cc1. The number of aryl methyl sites for hydroxylation is 1. The molecule has 1 unspecified atom stereocenters. The highest BCUT2D eigenvalue weighted by Gasteiger charge is 2.33. The van der Waals surface area contributed by atoms with Crippen LogP contribution in [0.1, 0.15) is 29.3 Å². The first-order valence-corrected chi connectivity index (χ1v) is 10.3. The number of hydrogen-bond acceptors (Lipinski definition) is 1. The van der Waals surface area contributed by atoms with E-state index in [2.05, 4.69) is 5.32 Å². The van der Waals surface area contributed by atoms with Crippen LogP contribution in [0.25, 0.3) is 0 Å². The predicted octanol–water partition coefficient (Wildman–Crippen LogP) is 6.84. The zero-order valence-electron chi connectivity index (χ0n) is 16.2. The number of fused-ring (bicyclic) bond motifs is 1. The molecule has 1 aliphatic heterocycles. The van der Waals surface area contributed by atoms with Crippen LogP contribution in [0.2, 0.25) is 10.0 Å². The fourth-order valence-corrected chi connectivity index (χ4v) is 4.24. The lowest BCUT2D eigenvalue weighted by Crippen LogP contribution is -2.39. The lowest BCUT2D eigenvalue weighted by molar-refractivity contribution is -0.137. The molecule has 0 bridgehead atoms. The molecule has 0 saturated carbocycles. The van der Waals surface area contributed by atoms with Crippen molar-refractivity contribution in [1.82, 2.24) is 9.47 Å². The molecular weight excluding hydrogens is 450 g/mol. The number of hydrogen-bond donors (Lipinski definition) is 1. The van der Waals surface area contributed by atoms with Gasteiger partial charge in [0.1, 0.15) is 0 Å². The van der Waals surface area contributed by atoms with Crippen LogP contribution in [-0.2, 0) is 12.7 Å². The normalized spacial score (nSPS) is 16.5. The standard InChI is InChI=1S/C22H18Cl2F3N3O/c23-16-8-9-18(17(24)13-16)28-21(31)30-12-2-11-29-10-1-3-19(29)20(30)14-4-6-15(7-5-14)22(25,26)27/h1,3-10,13,20H,2,11-12H2,(H,28,31). The Balaban J connectivity index is 1.70. The van der Waals surface area contributed by atoms with Gasteiger partial charge in [-0.25, -0.2) is 4.79 Å². The second kappa shape index (κ2) is 8.48. The van der Waals surface area contributed by atoms with Gasteiger partial charge in [0, 0.05) is 30.0 Å². The van der Waals surface area contributed by atoms with Crippen LogP contribution < -0.4 is 5.32 Å². The number of nitrogens with zero attached hydrogens (tertiary/aromatic N) is 2. The number of halogens is 5. The van der Waals surface area contributed by atoms with Crippen molar-refractivity contribution in [2.45, 2.75) is 25.2 Å². The molecule has 2 aromatic carbocycles. The largest absolute Gasteiger partial charge is 0.416 e. The summed E-state index contributed by atoms with van der Waals surface area (Å²) in [6.45, 7) is 1.12. The molecule has 2 heterocycles. The molecule has 1 atom stereocenters. The van der Waals surface area contributed by atoms with E-state index >= 15 is 0 Å². The summed E-state index contributed by atoms with van der Waals surface area (Å²) < 4.78 is 41.1. The Morgan fingerprint density at radius 2 is 1.77 bits per heavy atom. The van der Waals surface area contributed by atoms with Crippen molar-refractivity contribution in [3.8, 4) is 0 Å². The van der Waals surface area contributed by atoms with Crippen LogP contribution in [0.3, 0.4) is 0 Å². The van der Waals surface area contributed by atoms with Gasteiger partial charge in [0.05, 0.1) is 22.3 Å². The zero-order valence-corrected chi connectivity index (χ0v) is 17.7.